The molecule has 0 bridgehead atoms. The van der Waals surface area contributed by atoms with Gasteiger partial charge in [0.2, 0.25) is 0 Å². The first kappa shape index (κ1) is 27.5. The lowest BCUT2D eigenvalue weighted by molar-refractivity contribution is -0.122. The van der Waals surface area contributed by atoms with Crippen molar-refractivity contribution >= 4 is 46.7 Å². The molecule has 41 heavy (non-hydrogen) atoms. The van der Waals surface area contributed by atoms with E-state index in [4.69, 9.17) is 9.15 Å². The number of amidine groups is 1. The molecule has 0 atom stereocenters. The van der Waals surface area contributed by atoms with Crippen LogP contribution in [0.2, 0.25) is 0 Å². The Hall–Kier alpha value is -5.03. The van der Waals surface area contributed by atoms with Gasteiger partial charge in [0, 0.05) is 11.3 Å². The zero-order valence-electron chi connectivity index (χ0n) is 21.4. The highest BCUT2D eigenvalue weighted by Gasteiger charge is 2.34. The van der Waals surface area contributed by atoms with Gasteiger partial charge >= 0.3 is 0 Å². The summed E-state index contributed by atoms with van der Waals surface area (Å²) >= 11 is 1.12. The van der Waals surface area contributed by atoms with E-state index in [1.165, 1.54) is 53.8 Å². The van der Waals surface area contributed by atoms with Gasteiger partial charge in [-0.05, 0) is 78.0 Å². The Morgan fingerprint density at radius 2 is 1.71 bits per heavy atom. The molecule has 1 aliphatic rings. The summed E-state index contributed by atoms with van der Waals surface area (Å²) in [6.45, 7) is -0.156. The summed E-state index contributed by atoms with van der Waals surface area (Å²) < 4.78 is 37.5. The lowest BCUT2D eigenvalue weighted by Gasteiger charge is -2.12. The number of carbonyl (C=O) groups excluding carboxylic acids is 2. The molecule has 0 saturated carbocycles. The predicted molar refractivity (Wildman–Crippen MR) is 153 cm³/mol. The lowest BCUT2D eigenvalue weighted by Crippen LogP contribution is -2.28. The average molecular weight is 573 g/mol. The van der Waals surface area contributed by atoms with Crippen LogP contribution in [0.5, 0.6) is 5.75 Å². The van der Waals surface area contributed by atoms with E-state index in [1.807, 2.05) is 0 Å². The number of ether oxygens (including phenoxy) is 1. The van der Waals surface area contributed by atoms with Crippen molar-refractivity contribution < 1.29 is 27.5 Å². The van der Waals surface area contributed by atoms with Gasteiger partial charge in [-0.25, -0.2) is 8.78 Å². The van der Waals surface area contributed by atoms with Crippen LogP contribution < -0.4 is 10.1 Å². The molecule has 1 aliphatic heterocycles. The summed E-state index contributed by atoms with van der Waals surface area (Å²) in [5.41, 5.74) is 1.66. The minimum absolute atomic E-state index is 0.142. The number of benzene rings is 3. The number of hydrogen-bond donors (Lipinski definition) is 1. The molecule has 3 aromatic carbocycles. The number of nitrogens with zero attached hydrogens (tertiary/aromatic N) is 3. The van der Waals surface area contributed by atoms with Crippen LogP contribution in [0.1, 0.15) is 16.9 Å². The molecule has 0 spiro atoms. The number of carbonyl (C=O) groups is 2. The second-order valence-corrected chi connectivity index (χ2v) is 9.65. The summed E-state index contributed by atoms with van der Waals surface area (Å²) in [6, 6.07) is 21.6. The Morgan fingerprint density at radius 1 is 0.976 bits per heavy atom. The minimum Gasteiger partial charge on any atom is -0.483 e. The second-order valence-electron chi connectivity index (χ2n) is 8.64. The van der Waals surface area contributed by atoms with Crippen LogP contribution in [0.4, 0.5) is 14.5 Å². The van der Waals surface area contributed by atoms with Gasteiger partial charge in [-0.15, -0.1) is 5.10 Å². The van der Waals surface area contributed by atoms with Gasteiger partial charge in [0.1, 0.15) is 23.1 Å². The van der Waals surface area contributed by atoms with E-state index < -0.39 is 11.7 Å². The van der Waals surface area contributed by atoms with Crippen LogP contribution in [0.15, 0.2) is 111 Å². The van der Waals surface area contributed by atoms with Gasteiger partial charge in [0.15, 0.2) is 11.8 Å². The second kappa shape index (κ2) is 12.9. The number of thioether (sulfide) groups is 1. The van der Waals surface area contributed by atoms with Crippen molar-refractivity contribution in [2.24, 2.45) is 10.2 Å². The van der Waals surface area contributed by atoms with Crippen molar-refractivity contribution in [3.8, 4) is 5.75 Å². The van der Waals surface area contributed by atoms with Crippen molar-refractivity contribution in [3.05, 3.63) is 125 Å². The molecule has 1 saturated heterocycles. The fourth-order valence-corrected chi connectivity index (χ4v) is 4.65. The molecular formula is C30H22F2N4O4S. The highest BCUT2D eigenvalue weighted by molar-refractivity contribution is 8.18. The number of rotatable bonds is 9. The molecule has 206 valence electrons. The molecule has 1 fully saturated rings. The molecule has 1 N–H and O–H groups in total. The molecule has 0 aliphatic carbocycles. The highest BCUT2D eigenvalue weighted by Crippen LogP contribution is 2.35. The van der Waals surface area contributed by atoms with Crippen molar-refractivity contribution in [2.75, 3.05) is 11.9 Å². The fraction of sp³-hybridized carbons (Fsp3) is 0.0667. The van der Waals surface area contributed by atoms with Crippen molar-refractivity contribution in [2.45, 2.75) is 6.54 Å². The van der Waals surface area contributed by atoms with Gasteiger partial charge in [0.05, 0.1) is 23.9 Å². The smallest absolute Gasteiger partial charge is 0.267 e. The van der Waals surface area contributed by atoms with Crippen LogP contribution in [-0.2, 0) is 16.1 Å². The third-order valence-corrected chi connectivity index (χ3v) is 6.69. The fourth-order valence-electron chi connectivity index (χ4n) is 3.72. The van der Waals surface area contributed by atoms with Crippen LogP contribution in [-0.4, -0.2) is 34.7 Å². The quantitative estimate of drug-likeness (QED) is 0.149. The molecule has 0 unspecified atom stereocenters. The van der Waals surface area contributed by atoms with E-state index in [-0.39, 0.29) is 24.9 Å². The number of halogens is 2. The standard InChI is InChI=1S/C30H22F2N4O4S/c31-22-9-7-20(8-10-22)17-33-35-30-36(18-25-5-3-15-39-25)29(38)27(41-30)16-21-4-1-2-6-26(21)40-19-28(37)34-24-13-11-23(32)12-14-24/h1-17H,18-19H2,(H,34,37)/b27-16-,33-17-,35-30+. The molecule has 4 aromatic rings. The largest absolute Gasteiger partial charge is 0.483 e. The minimum atomic E-state index is -0.427. The van der Waals surface area contributed by atoms with Crippen molar-refractivity contribution in [1.29, 1.82) is 0 Å². The molecule has 2 heterocycles. The summed E-state index contributed by atoms with van der Waals surface area (Å²) in [5, 5.41) is 11.3. The third kappa shape index (κ3) is 7.34. The van der Waals surface area contributed by atoms with E-state index in [1.54, 1.807) is 54.6 Å². The number of para-hydroxylation sites is 1. The van der Waals surface area contributed by atoms with Gasteiger partial charge in [0.25, 0.3) is 11.8 Å². The zero-order valence-corrected chi connectivity index (χ0v) is 22.2. The highest BCUT2D eigenvalue weighted by atomic mass is 32.2. The number of furan rings is 1. The maximum atomic E-state index is 13.4. The van der Waals surface area contributed by atoms with E-state index >= 15 is 0 Å². The first-order chi connectivity index (χ1) is 19.9. The summed E-state index contributed by atoms with van der Waals surface area (Å²) in [4.78, 5) is 27.6. The Bertz CT molecular complexity index is 1620. The molecule has 8 nitrogen and oxygen atoms in total. The maximum absolute atomic E-state index is 13.4. The average Bonchev–Trinajstić information content (AvgIpc) is 3.59. The summed E-state index contributed by atoms with van der Waals surface area (Å²) in [6.07, 6.45) is 4.63. The molecule has 2 amide bonds. The van der Waals surface area contributed by atoms with E-state index in [9.17, 15) is 18.4 Å². The van der Waals surface area contributed by atoms with Crippen LogP contribution in [0, 0.1) is 11.6 Å². The summed E-state index contributed by atoms with van der Waals surface area (Å²) in [5.74, 6) is -0.556. The van der Waals surface area contributed by atoms with Crippen LogP contribution >= 0.6 is 11.8 Å². The molecule has 11 heteroatoms. The zero-order chi connectivity index (χ0) is 28.6. The van der Waals surface area contributed by atoms with Crippen molar-refractivity contribution in [1.82, 2.24) is 4.90 Å². The predicted octanol–water partition coefficient (Wildman–Crippen LogP) is 6.08. The van der Waals surface area contributed by atoms with E-state index in [0.717, 1.165) is 11.8 Å². The number of amides is 2. The maximum Gasteiger partial charge on any atom is 0.267 e. The Balaban J connectivity index is 1.33. The van der Waals surface area contributed by atoms with Gasteiger partial charge in [-0.1, -0.05) is 30.3 Å². The SMILES string of the molecule is O=C(COc1ccccc1/C=C1\S/C(=N/N=C\c2ccc(F)cc2)N(Cc2ccco2)C1=O)Nc1ccc(F)cc1. The third-order valence-electron chi connectivity index (χ3n) is 5.69. The molecular weight excluding hydrogens is 550 g/mol. The van der Waals surface area contributed by atoms with Crippen molar-refractivity contribution in [3.63, 3.8) is 0 Å². The molecule has 1 aromatic heterocycles. The Morgan fingerprint density at radius 3 is 2.44 bits per heavy atom. The Labute approximate surface area is 238 Å². The number of hydrogen-bond acceptors (Lipinski definition) is 7. The van der Waals surface area contributed by atoms with Gasteiger partial charge in [-0.2, -0.15) is 5.10 Å². The topological polar surface area (TPSA) is 96.5 Å². The first-order valence-electron chi connectivity index (χ1n) is 12.3. The summed E-state index contributed by atoms with van der Waals surface area (Å²) in [7, 11) is 0. The Kier molecular flexibility index (Phi) is 8.65. The van der Waals surface area contributed by atoms with E-state index in [0.29, 0.717) is 38.4 Å². The van der Waals surface area contributed by atoms with Crippen LogP contribution in [0.3, 0.4) is 0 Å². The number of nitrogens with one attached hydrogen (secondary N) is 1. The monoisotopic (exact) mass is 572 g/mol. The molecule has 0 radical (unpaired) electrons. The number of anilines is 1. The van der Waals surface area contributed by atoms with Crippen LogP contribution in [0.25, 0.3) is 6.08 Å². The lowest BCUT2D eigenvalue weighted by atomic mass is 10.2. The van der Waals surface area contributed by atoms with Gasteiger partial charge in [-0.3, -0.25) is 14.5 Å². The first-order valence-corrected chi connectivity index (χ1v) is 13.1. The van der Waals surface area contributed by atoms with E-state index in [2.05, 4.69) is 15.5 Å². The van der Waals surface area contributed by atoms with Gasteiger partial charge < -0.3 is 14.5 Å². The molecule has 5 rings (SSSR count). The normalized spacial score (nSPS) is 15.3.